The fraction of sp³-hybridized carbons (Fsp3) is 0. The fourth-order valence-corrected chi connectivity index (χ4v) is 9.47. The van der Waals surface area contributed by atoms with Crippen molar-refractivity contribution in [2.24, 2.45) is 0 Å². The normalized spacial score (nSPS) is 11.5. The lowest BCUT2D eigenvalue weighted by Gasteiger charge is -2.26. The number of phenols is 24. The molecular weight excluding hydrogens is 1040 g/mol. The SMILES string of the molecule is Bc1c(-c2c(O)c(B)c(O)c3c2oc2c(O)c(O)c(O)c(B)c23)c(B)c(-c2c(B)c(O)c(-c3c(O)c(O)c(O)c(O)c3O)c(O)c2O)c(O)c1-c1nc(-c2c(O)c(O)c(O)c(O)c2O)nc(-c2c(O)c(O)c(O)c(O)c2O)n1. The van der Waals surface area contributed by atoms with Crippen LogP contribution in [0.5, 0.6) is 138 Å². The Morgan fingerprint density at radius 3 is 0.936 bits per heavy atom. The first-order valence-electron chi connectivity index (χ1n) is 21.9. The van der Waals surface area contributed by atoms with Gasteiger partial charge in [-0.2, -0.15) is 0 Å². The van der Waals surface area contributed by atoms with Gasteiger partial charge in [-0.1, -0.05) is 10.9 Å². The monoisotopic (exact) mass is 1070 g/mol. The van der Waals surface area contributed by atoms with Crippen LogP contribution < -0.4 is 27.3 Å². The predicted molar refractivity (Wildman–Crippen MR) is 281 cm³/mol. The smallest absolute Gasteiger partial charge is 0.208 e. The second kappa shape index (κ2) is 17.0. The highest BCUT2D eigenvalue weighted by Crippen LogP contribution is 2.61. The highest BCUT2D eigenvalue weighted by atomic mass is 16.4. The van der Waals surface area contributed by atoms with Crippen LogP contribution >= 0.6 is 0 Å². The van der Waals surface area contributed by atoms with Crippen molar-refractivity contribution < 1.29 is 127 Å². The molecule has 9 rings (SSSR count). The summed E-state index contributed by atoms with van der Waals surface area (Å²) in [5.41, 5.74) is -11.3. The number of hydrogen-bond acceptors (Lipinski definition) is 28. The van der Waals surface area contributed by atoms with Crippen molar-refractivity contribution in [2.45, 2.75) is 0 Å². The molecule has 0 aliphatic rings. The first kappa shape index (κ1) is 51.8. The highest BCUT2D eigenvalue weighted by Gasteiger charge is 2.38. The Morgan fingerprint density at radius 2 is 0.500 bits per heavy atom. The van der Waals surface area contributed by atoms with Crippen molar-refractivity contribution >= 4 is 88.5 Å². The summed E-state index contributed by atoms with van der Waals surface area (Å²) in [6.45, 7) is 0. The van der Waals surface area contributed by atoms with Gasteiger partial charge in [0.1, 0.15) is 73.4 Å². The fourth-order valence-electron chi connectivity index (χ4n) is 9.47. The van der Waals surface area contributed by atoms with Crippen LogP contribution in [0.1, 0.15) is 0 Å². The first-order chi connectivity index (χ1) is 36.3. The van der Waals surface area contributed by atoms with Crippen molar-refractivity contribution in [3.05, 3.63) is 0 Å². The minimum atomic E-state index is -1.53. The lowest BCUT2D eigenvalue weighted by molar-refractivity contribution is 0.329. The number of benzene rings is 7. The van der Waals surface area contributed by atoms with E-state index in [0.717, 1.165) is 15.7 Å². The molecule has 0 unspecified atom stereocenters. The van der Waals surface area contributed by atoms with Gasteiger partial charge in [0.25, 0.3) is 0 Å². The van der Waals surface area contributed by atoms with E-state index >= 15 is 0 Å². The van der Waals surface area contributed by atoms with Crippen molar-refractivity contribution in [1.82, 2.24) is 15.0 Å². The molecule has 33 heteroatoms. The van der Waals surface area contributed by atoms with Gasteiger partial charge < -0.3 is 127 Å². The van der Waals surface area contributed by atoms with E-state index in [2.05, 4.69) is 15.0 Å². The van der Waals surface area contributed by atoms with Gasteiger partial charge in [0, 0.05) is 16.5 Å². The summed E-state index contributed by atoms with van der Waals surface area (Å²) in [4.78, 5) is 12.4. The Morgan fingerprint density at radius 1 is 0.192 bits per heavy atom. The van der Waals surface area contributed by atoms with E-state index in [9.17, 15) is 123 Å². The third-order valence-electron chi connectivity index (χ3n) is 13.5. The van der Waals surface area contributed by atoms with E-state index < -0.39 is 228 Å². The number of aromatic hydroxyl groups is 24. The maximum Gasteiger partial charge on any atom is 0.208 e. The topological polar surface area (TPSA) is 537 Å². The molecule has 0 aliphatic carbocycles. The molecule has 394 valence electrons. The van der Waals surface area contributed by atoms with Crippen LogP contribution in [0.25, 0.3) is 89.5 Å². The Labute approximate surface area is 434 Å². The number of hydrogen-bond donors (Lipinski definition) is 24. The van der Waals surface area contributed by atoms with Crippen LogP contribution in [-0.4, -0.2) is 177 Å². The second-order valence-corrected chi connectivity index (χ2v) is 17.7. The van der Waals surface area contributed by atoms with E-state index in [1.165, 1.54) is 23.5 Å². The van der Waals surface area contributed by atoms with Gasteiger partial charge in [0.2, 0.25) is 63.2 Å². The van der Waals surface area contributed by atoms with Gasteiger partial charge in [-0.3, -0.25) is 0 Å². The molecule has 0 aliphatic heterocycles. The molecule has 0 radical (unpaired) electrons. The summed E-state index contributed by atoms with van der Waals surface area (Å²) >= 11 is 0. The highest BCUT2D eigenvalue weighted by molar-refractivity contribution is 6.53. The van der Waals surface area contributed by atoms with Gasteiger partial charge in [-0.25, -0.2) is 15.0 Å². The minimum absolute atomic E-state index is 0.203. The Kier molecular flexibility index (Phi) is 11.3. The number of fused-ring (bicyclic) bond motifs is 3. The number of nitrogens with zero attached hydrogens (tertiary/aromatic N) is 3. The molecule has 0 saturated carbocycles. The number of rotatable bonds is 6. The quantitative estimate of drug-likeness (QED) is 0.0429. The molecule has 0 spiro atoms. The molecule has 0 atom stereocenters. The maximum absolute atomic E-state index is 12.9. The lowest BCUT2D eigenvalue weighted by atomic mass is 9.68. The standard InChI is InChI=1S/C45H34B5N3O25/c46-12-1(7-19(56)16(50)20(57)8-4-15(49)29(66)36(73)40(77)42(4)78-41(7)8)13(47)9(17(54)2(12)3-14(48)18(55)5(22(59)21(3)58)6-23(60)30(67)37(74)31(68)24(6)61)43-51-44(10-25(62)32(69)38(75)33(70)26(10)63)53-45(52-43)11-27(64)34(71)39(76)35(72)28(11)65/h54-77H,46-50H2. The van der Waals surface area contributed by atoms with Crippen LogP contribution in [0.4, 0.5) is 0 Å². The molecular formula is C45H34B5N3O25. The molecule has 28 nitrogen and oxygen atoms in total. The third-order valence-corrected chi connectivity index (χ3v) is 13.5. The van der Waals surface area contributed by atoms with Gasteiger partial charge in [-0.05, 0) is 22.0 Å². The Bertz CT molecular complexity index is 4080. The maximum atomic E-state index is 12.9. The summed E-state index contributed by atoms with van der Waals surface area (Å²) in [5.74, 6) is -35.9. The van der Waals surface area contributed by atoms with Crippen molar-refractivity contribution in [2.75, 3.05) is 0 Å². The molecule has 7 aromatic carbocycles. The summed E-state index contributed by atoms with van der Waals surface area (Å²) in [6, 6.07) is 0. The molecule has 24 N–H and O–H groups in total. The van der Waals surface area contributed by atoms with Crippen LogP contribution in [-0.2, 0) is 0 Å². The summed E-state index contributed by atoms with van der Waals surface area (Å²) < 4.78 is 6.08. The zero-order valence-corrected chi connectivity index (χ0v) is 40.0. The van der Waals surface area contributed by atoms with E-state index in [0.29, 0.717) is 0 Å². The minimum Gasteiger partial charge on any atom is -0.508 e. The van der Waals surface area contributed by atoms with E-state index in [-0.39, 0.29) is 27.2 Å². The van der Waals surface area contributed by atoms with Crippen LogP contribution in [0, 0.1) is 0 Å². The van der Waals surface area contributed by atoms with Gasteiger partial charge in [-0.15, -0.1) is 0 Å². The first-order valence-corrected chi connectivity index (χ1v) is 21.9. The molecule has 2 aromatic heterocycles. The predicted octanol–water partition coefficient (Wildman–Crippen LogP) is -4.00. The largest absolute Gasteiger partial charge is 0.508 e. The second-order valence-electron chi connectivity index (χ2n) is 17.7. The number of furan rings is 1. The zero-order chi connectivity index (χ0) is 57.8. The average Bonchev–Trinajstić information content (AvgIpc) is 4.00. The lowest BCUT2D eigenvalue weighted by Crippen LogP contribution is -2.27. The van der Waals surface area contributed by atoms with Gasteiger partial charge >= 0.3 is 0 Å². The van der Waals surface area contributed by atoms with E-state index in [1.807, 2.05) is 0 Å². The zero-order valence-electron chi connectivity index (χ0n) is 40.0. The molecule has 0 amide bonds. The van der Waals surface area contributed by atoms with Gasteiger partial charge in [0.15, 0.2) is 80.4 Å². The van der Waals surface area contributed by atoms with Crippen molar-refractivity contribution in [3.63, 3.8) is 0 Å². The molecule has 0 saturated heterocycles. The van der Waals surface area contributed by atoms with Crippen molar-refractivity contribution in [1.29, 1.82) is 0 Å². The number of aromatic nitrogens is 3. The molecule has 78 heavy (non-hydrogen) atoms. The van der Waals surface area contributed by atoms with Gasteiger partial charge in [0.05, 0.1) is 27.6 Å². The number of phenolic OH excluding ortho intramolecular Hbond substituents is 24. The Balaban J connectivity index is 1.54. The average molecular weight is 1070 g/mol. The molecule has 0 bridgehead atoms. The Hall–Kier alpha value is -11.1. The molecule has 2 heterocycles. The van der Waals surface area contributed by atoms with E-state index in [1.54, 1.807) is 0 Å². The van der Waals surface area contributed by atoms with Crippen molar-refractivity contribution in [3.8, 4) is 206 Å². The van der Waals surface area contributed by atoms with Crippen LogP contribution in [0.3, 0.4) is 0 Å². The van der Waals surface area contributed by atoms with Crippen LogP contribution in [0.15, 0.2) is 4.42 Å². The summed E-state index contributed by atoms with van der Waals surface area (Å²) in [5, 5.41) is 265. The molecule has 0 fully saturated rings. The van der Waals surface area contributed by atoms with E-state index in [4.69, 9.17) is 4.42 Å². The summed E-state index contributed by atoms with van der Waals surface area (Å²) in [7, 11) is 5.75. The van der Waals surface area contributed by atoms with Crippen LogP contribution in [0.2, 0.25) is 0 Å². The third kappa shape index (κ3) is 6.56. The summed E-state index contributed by atoms with van der Waals surface area (Å²) in [6.07, 6.45) is 0. The molecule has 9 aromatic rings.